The summed E-state index contributed by atoms with van der Waals surface area (Å²) in [4.78, 5) is 21.9. The van der Waals surface area contributed by atoms with Crippen LogP contribution in [-0.2, 0) is 0 Å². The van der Waals surface area contributed by atoms with Gasteiger partial charge in [-0.15, -0.1) is 0 Å². The van der Waals surface area contributed by atoms with Crippen LogP contribution in [0.5, 0.6) is 0 Å². The van der Waals surface area contributed by atoms with Crippen LogP contribution in [0.15, 0.2) is 0 Å². The van der Waals surface area contributed by atoms with Crippen LogP contribution in [0.1, 0.15) is 54.0 Å². The first-order valence-electron chi connectivity index (χ1n) is 7.43. The lowest BCUT2D eigenvalue weighted by molar-refractivity contribution is 0.0683. The molecule has 0 bridgehead atoms. The highest BCUT2D eigenvalue weighted by Crippen LogP contribution is 2.39. The molecule has 0 radical (unpaired) electrons. The van der Waals surface area contributed by atoms with Gasteiger partial charge in [0.1, 0.15) is 5.82 Å². The molecular weight excluding hydrogens is 254 g/mol. The fraction of sp³-hybridized carbons (Fsp3) is 0.667. The number of carboxylic acids is 1. The molecule has 0 amide bonds. The van der Waals surface area contributed by atoms with Crippen LogP contribution in [0.4, 0.5) is 5.82 Å². The van der Waals surface area contributed by atoms with Crippen molar-refractivity contribution in [2.24, 2.45) is 5.92 Å². The van der Waals surface area contributed by atoms with Crippen molar-refractivity contribution >= 4 is 11.8 Å². The number of aromatic nitrogens is 2. The third kappa shape index (κ3) is 2.15. The van der Waals surface area contributed by atoms with Crippen LogP contribution in [0, 0.1) is 19.8 Å². The largest absolute Gasteiger partial charge is 0.475 e. The summed E-state index contributed by atoms with van der Waals surface area (Å²) in [5, 5.41) is 9.16. The standard InChI is InChI=1S/C15H21N3O2/c1-9-10(2)16-13(15(19)20)17-14(9)18-8-4-7-12(18)11-5-3-6-11/h11-12H,3-8H2,1-2H3,(H,19,20). The maximum atomic E-state index is 11.2. The monoisotopic (exact) mass is 275 g/mol. The molecule has 20 heavy (non-hydrogen) atoms. The highest BCUT2D eigenvalue weighted by molar-refractivity contribution is 5.83. The molecule has 0 aromatic carbocycles. The van der Waals surface area contributed by atoms with Gasteiger partial charge in [-0.25, -0.2) is 14.8 Å². The average molecular weight is 275 g/mol. The van der Waals surface area contributed by atoms with Crippen molar-refractivity contribution in [1.82, 2.24) is 9.97 Å². The van der Waals surface area contributed by atoms with Gasteiger partial charge in [-0.3, -0.25) is 0 Å². The first-order valence-corrected chi connectivity index (χ1v) is 7.43. The summed E-state index contributed by atoms with van der Waals surface area (Å²) < 4.78 is 0. The molecule has 0 spiro atoms. The summed E-state index contributed by atoms with van der Waals surface area (Å²) in [6.45, 7) is 4.84. The Kier molecular flexibility index (Phi) is 3.36. The van der Waals surface area contributed by atoms with Crippen molar-refractivity contribution in [2.45, 2.75) is 52.0 Å². The average Bonchev–Trinajstić information content (AvgIpc) is 2.79. The SMILES string of the molecule is Cc1nc(C(=O)O)nc(N2CCCC2C2CCC2)c1C. The minimum Gasteiger partial charge on any atom is -0.475 e. The minimum absolute atomic E-state index is 0.0811. The molecule has 1 atom stereocenters. The second kappa shape index (κ2) is 5.04. The predicted octanol–water partition coefficient (Wildman–Crippen LogP) is 2.56. The van der Waals surface area contributed by atoms with E-state index in [0.717, 1.165) is 29.5 Å². The predicted molar refractivity (Wildman–Crippen MR) is 76.2 cm³/mol. The topological polar surface area (TPSA) is 66.3 Å². The number of aromatic carboxylic acids is 1. The molecule has 5 heteroatoms. The van der Waals surface area contributed by atoms with E-state index in [4.69, 9.17) is 5.11 Å². The van der Waals surface area contributed by atoms with Crippen LogP contribution in [-0.4, -0.2) is 33.6 Å². The summed E-state index contributed by atoms with van der Waals surface area (Å²) in [6, 6.07) is 0.540. The summed E-state index contributed by atoms with van der Waals surface area (Å²) >= 11 is 0. The summed E-state index contributed by atoms with van der Waals surface area (Å²) in [6.07, 6.45) is 6.31. The minimum atomic E-state index is -1.05. The molecule has 108 valence electrons. The van der Waals surface area contributed by atoms with Crippen LogP contribution in [0.25, 0.3) is 0 Å². The molecular formula is C15H21N3O2. The van der Waals surface area contributed by atoms with E-state index < -0.39 is 5.97 Å². The van der Waals surface area contributed by atoms with Gasteiger partial charge in [-0.1, -0.05) is 6.42 Å². The maximum Gasteiger partial charge on any atom is 0.374 e. The van der Waals surface area contributed by atoms with Gasteiger partial charge in [-0.05, 0) is 45.4 Å². The zero-order chi connectivity index (χ0) is 14.3. The Bertz CT molecular complexity index is 540. The Hall–Kier alpha value is -1.65. The van der Waals surface area contributed by atoms with Crippen molar-refractivity contribution in [3.63, 3.8) is 0 Å². The smallest absolute Gasteiger partial charge is 0.374 e. The van der Waals surface area contributed by atoms with E-state index in [-0.39, 0.29) is 5.82 Å². The molecule has 1 saturated heterocycles. The molecule has 2 heterocycles. The lowest BCUT2D eigenvalue weighted by Crippen LogP contribution is -2.40. The quantitative estimate of drug-likeness (QED) is 0.918. The number of carbonyl (C=O) groups is 1. The number of nitrogens with zero attached hydrogens (tertiary/aromatic N) is 3. The number of rotatable bonds is 3. The second-order valence-electron chi connectivity index (χ2n) is 5.98. The van der Waals surface area contributed by atoms with E-state index in [2.05, 4.69) is 14.9 Å². The third-order valence-electron chi connectivity index (χ3n) is 4.82. The van der Waals surface area contributed by atoms with E-state index >= 15 is 0 Å². The van der Waals surface area contributed by atoms with E-state index in [1.165, 1.54) is 32.1 Å². The zero-order valence-electron chi connectivity index (χ0n) is 12.1. The first-order chi connectivity index (χ1) is 9.58. The fourth-order valence-electron chi connectivity index (χ4n) is 3.36. The maximum absolute atomic E-state index is 11.2. The van der Waals surface area contributed by atoms with Crippen LogP contribution in [0.2, 0.25) is 0 Å². The van der Waals surface area contributed by atoms with Gasteiger partial charge in [0.05, 0.1) is 0 Å². The van der Waals surface area contributed by atoms with Crippen molar-refractivity contribution < 1.29 is 9.90 Å². The van der Waals surface area contributed by atoms with Crippen LogP contribution < -0.4 is 4.90 Å². The second-order valence-corrected chi connectivity index (χ2v) is 5.98. The van der Waals surface area contributed by atoms with Crippen molar-refractivity contribution in [3.8, 4) is 0 Å². The van der Waals surface area contributed by atoms with Crippen LogP contribution >= 0.6 is 0 Å². The number of carboxylic acid groups (broad SMARTS) is 1. The van der Waals surface area contributed by atoms with Gasteiger partial charge in [0, 0.05) is 23.8 Å². The molecule has 1 saturated carbocycles. The molecule has 1 N–H and O–H groups in total. The normalized spacial score (nSPS) is 22.9. The Morgan fingerprint density at radius 3 is 2.55 bits per heavy atom. The molecule has 2 aliphatic rings. The summed E-state index contributed by atoms with van der Waals surface area (Å²) in [5.74, 6) is 0.473. The van der Waals surface area contributed by atoms with Gasteiger partial charge < -0.3 is 10.0 Å². The van der Waals surface area contributed by atoms with E-state index in [1.54, 1.807) is 0 Å². The Morgan fingerprint density at radius 1 is 1.20 bits per heavy atom. The van der Waals surface area contributed by atoms with E-state index in [1.807, 2.05) is 13.8 Å². The lowest BCUT2D eigenvalue weighted by Gasteiger charge is -2.38. The van der Waals surface area contributed by atoms with E-state index in [0.29, 0.717) is 6.04 Å². The van der Waals surface area contributed by atoms with Gasteiger partial charge in [0.25, 0.3) is 0 Å². The van der Waals surface area contributed by atoms with Crippen molar-refractivity contribution in [1.29, 1.82) is 0 Å². The van der Waals surface area contributed by atoms with Gasteiger partial charge >= 0.3 is 5.97 Å². The third-order valence-corrected chi connectivity index (χ3v) is 4.82. The molecule has 1 aliphatic carbocycles. The highest BCUT2D eigenvalue weighted by atomic mass is 16.4. The first kappa shape index (κ1) is 13.3. The molecule has 1 unspecified atom stereocenters. The van der Waals surface area contributed by atoms with Gasteiger partial charge in [0.15, 0.2) is 0 Å². The number of anilines is 1. The number of aryl methyl sites for hydroxylation is 1. The highest BCUT2D eigenvalue weighted by Gasteiger charge is 2.36. The van der Waals surface area contributed by atoms with Crippen molar-refractivity contribution in [3.05, 3.63) is 17.1 Å². The Balaban J connectivity index is 1.97. The summed E-state index contributed by atoms with van der Waals surface area (Å²) in [7, 11) is 0. The number of hydrogen-bond acceptors (Lipinski definition) is 4. The molecule has 5 nitrogen and oxygen atoms in total. The van der Waals surface area contributed by atoms with Gasteiger partial charge in [0.2, 0.25) is 5.82 Å². The molecule has 1 aliphatic heterocycles. The summed E-state index contributed by atoms with van der Waals surface area (Å²) in [5.41, 5.74) is 1.79. The molecule has 1 aromatic heterocycles. The van der Waals surface area contributed by atoms with E-state index in [9.17, 15) is 4.79 Å². The van der Waals surface area contributed by atoms with Crippen molar-refractivity contribution in [2.75, 3.05) is 11.4 Å². The fourth-order valence-corrected chi connectivity index (χ4v) is 3.36. The van der Waals surface area contributed by atoms with Crippen LogP contribution in [0.3, 0.4) is 0 Å². The number of hydrogen-bond donors (Lipinski definition) is 1. The lowest BCUT2D eigenvalue weighted by atomic mass is 9.79. The Labute approximate surface area is 119 Å². The Morgan fingerprint density at radius 2 is 1.95 bits per heavy atom. The molecule has 1 aromatic rings. The molecule has 2 fully saturated rings. The zero-order valence-corrected chi connectivity index (χ0v) is 12.1. The molecule has 3 rings (SSSR count). The van der Waals surface area contributed by atoms with Gasteiger partial charge in [-0.2, -0.15) is 0 Å².